The monoisotopic (exact) mass is 287 g/mol. The third-order valence-corrected chi connectivity index (χ3v) is 3.98. The Bertz CT molecular complexity index is 491. The minimum Gasteiger partial charge on any atom is -0.481 e. The number of hydrogen-bond acceptors (Lipinski definition) is 4. The van der Waals surface area contributed by atoms with E-state index in [4.69, 9.17) is 5.11 Å². The summed E-state index contributed by atoms with van der Waals surface area (Å²) in [7, 11) is 0. The van der Waals surface area contributed by atoms with Crippen LogP contribution >= 0.6 is 11.8 Å². The molecule has 0 aliphatic carbocycles. The minimum absolute atomic E-state index is 0.0595. The van der Waals surface area contributed by atoms with Gasteiger partial charge in [0.25, 0.3) is 0 Å². The summed E-state index contributed by atoms with van der Waals surface area (Å²) in [6, 6.07) is 0.0595. The van der Waals surface area contributed by atoms with E-state index < -0.39 is 11.4 Å². The van der Waals surface area contributed by atoms with Gasteiger partial charge in [-0.1, -0.05) is 11.8 Å². The smallest absolute Gasteiger partial charge is 0.344 e. The molecule has 1 rings (SSSR count). The Labute approximate surface area is 116 Å². The van der Waals surface area contributed by atoms with Crippen LogP contribution in [0.3, 0.4) is 0 Å². The molecule has 0 spiro atoms. The maximum atomic E-state index is 11.5. The number of hydrogen-bond donors (Lipinski definition) is 2. The lowest BCUT2D eigenvalue weighted by Crippen LogP contribution is -2.23. The van der Waals surface area contributed by atoms with Gasteiger partial charge in [0.05, 0.1) is 5.41 Å². The lowest BCUT2D eigenvalue weighted by atomic mass is 9.88. The Morgan fingerprint density at radius 1 is 1.53 bits per heavy atom. The number of H-pyrrole nitrogens is 1. The zero-order chi connectivity index (χ0) is 14.6. The largest absolute Gasteiger partial charge is 0.481 e. The molecule has 0 aliphatic heterocycles. The van der Waals surface area contributed by atoms with E-state index in [0.717, 1.165) is 12.2 Å². The van der Waals surface area contributed by atoms with E-state index in [1.165, 1.54) is 11.8 Å². The van der Waals surface area contributed by atoms with Gasteiger partial charge in [0.1, 0.15) is 0 Å². The summed E-state index contributed by atoms with van der Waals surface area (Å²) in [5.74, 6) is -0.0374. The van der Waals surface area contributed by atoms with E-state index in [2.05, 4.69) is 10.2 Å². The molecule has 1 aromatic rings. The van der Waals surface area contributed by atoms with Crippen LogP contribution in [0.5, 0.6) is 0 Å². The summed E-state index contributed by atoms with van der Waals surface area (Å²) in [6.07, 6.45) is 1.37. The van der Waals surface area contributed by atoms with Gasteiger partial charge in [0, 0.05) is 11.8 Å². The molecule has 0 aromatic carbocycles. The lowest BCUT2D eigenvalue weighted by molar-refractivity contribution is -0.147. The van der Waals surface area contributed by atoms with Crippen molar-refractivity contribution in [2.24, 2.45) is 5.41 Å². The molecule has 108 valence electrons. The third kappa shape index (κ3) is 4.12. The molecule has 0 radical (unpaired) electrons. The van der Waals surface area contributed by atoms with Gasteiger partial charge in [-0.3, -0.25) is 9.36 Å². The molecular weight excluding hydrogens is 266 g/mol. The Morgan fingerprint density at radius 2 is 2.16 bits per heavy atom. The first-order valence-electron chi connectivity index (χ1n) is 6.29. The van der Waals surface area contributed by atoms with Crippen LogP contribution < -0.4 is 5.69 Å². The second-order valence-corrected chi connectivity index (χ2v) is 6.48. The number of nitrogens with zero attached hydrogens (tertiary/aromatic N) is 2. The molecule has 1 aromatic heterocycles. The summed E-state index contributed by atoms with van der Waals surface area (Å²) in [5, 5.41) is 16.1. The quantitative estimate of drug-likeness (QED) is 0.592. The van der Waals surface area contributed by atoms with Crippen LogP contribution in [0.2, 0.25) is 0 Å². The number of carbonyl (C=O) groups is 1. The summed E-state index contributed by atoms with van der Waals surface area (Å²) in [5.41, 5.74) is -0.910. The van der Waals surface area contributed by atoms with Gasteiger partial charge in [-0.05, 0) is 40.5 Å². The molecule has 0 atom stereocenters. The van der Waals surface area contributed by atoms with E-state index in [1.54, 1.807) is 18.4 Å². The molecular formula is C12H21N3O3S. The van der Waals surface area contributed by atoms with Crippen molar-refractivity contribution in [1.29, 1.82) is 0 Å². The highest BCUT2D eigenvalue weighted by molar-refractivity contribution is 7.99. The fourth-order valence-corrected chi connectivity index (χ4v) is 2.65. The fourth-order valence-electron chi connectivity index (χ4n) is 1.63. The predicted molar refractivity (Wildman–Crippen MR) is 74.6 cm³/mol. The molecule has 7 heteroatoms. The van der Waals surface area contributed by atoms with Crippen LogP contribution in [-0.2, 0) is 4.79 Å². The van der Waals surface area contributed by atoms with Gasteiger partial charge in [-0.25, -0.2) is 9.89 Å². The van der Waals surface area contributed by atoms with Gasteiger partial charge < -0.3 is 5.11 Å². The van der Waals surface area contributed by atoms with Crippen molar-refractivity contribution in [3.8, 4) is 0 Å². The molecule has 0 fully saturated rings. The SMILES string of the molecule is CC(C)n1c(SCCCC(C)(C)C(=O)O)n[nH]c1=O. The molecule has 0 saturated heterocycles. The van der Waals surface area contributed by atoms with Gasteiger partial charge in [0.15, 0.2) is 5.16 Å². The highest BCUT2D eigenvalue weighted by atomic mass is 32.2. The van der Waals surface area contributed by atoms with Gasteiger partial charge in [0.2, 0.25) is 0 Å². The molecule has 6 nitrogen and oxygen atoms in total. The number of aliphatic carboxylic acids is 1. The van der Waals surface area contributed by atoms with Gasteiger partial charge >= 0.3 is 11.7 Å². The fraction of sp³-hybridized carbons (Fsp3) is 0.750. The van der Waals surface area contributed by atoms with Crippen molar-refractivity contribution in [3.63, 3.8) is 0 Å². The summed E-state index contributed by atoms with van der Waals surface area (Å²) >= 11 is 1.48. The maximum Gasteiger partial charge on any atom is 0.344 e. The van der Waals surface area contributed by atoms with E-state index in [1.807, 2.05) is 13.8 Å². The van der Waals surface area contributed by atoms with Crippen molar-refractivity contribution < 1.29 is 9.90 Å². The molecule has 19 heavy (non-hydrogen) atoms. The van der Waals surface area contributed by atoms with Crippen LogP contribution in [0.1, 0.15) is 46.6 Å². The van der Waals surface area contributed by atoms with Gasteiger partial charge in [-0.15, -0.1) is 5.10 Å². The lowest BCUT2D eigenvalue weighted by Gasteiger charge is -2.18. The topological polar surface area (TPSA) is 88.0 Å². The van der Waals surface area contributed by atoms with Crippen molar-refractivity contribution in [3.05, 3.63) is 10.5 Å². The molecule has 0 aliphatic rings. The Hall–Kier alpha value is -1.24. The van der Waals surface area contributed by atoms with Crippen LogP contribution in [0.4, 0.5) is 0 Å². The van der Waals surface area contributed by atoms with E-state index in [-0.39, 0.29) is 11.7 Å². The average Bonchev–Trinajstić information content (AvgIpc) is 2.66. The summed E-state index contributed by atoms with van der Waals surface area (Å²) in [4.78, 5) is 22.5. The van der Waals surface area contributed by atoms with Crippen molar-refractivity contribution in [2.45, 2.75) is 51.7 Å². The number of aromatic amines is 1. The number of aromatic nitrogens is 3. The van der Waals surface area contributed by atoms with Crippen LogP contribution in [0, 0.1) is 5.41 Å². The van der Waals surface area contributed by atoms with Crippen molar-refractivity contribution >= 4 is 17.7 Å². The molecule has 0 unspecified atom stereocenters. The van der Waals surface area contributed by atoms with Crippen LogP contribution in [0.15, 0.2) is 9.95 Å². The predicted octanol–water partition coefficient (Wildman–Crippen LogP) is 2.14. The molecule has 0 amide bonds. The highest BCUT2D eigenvalue weighted by Gasteiger charge is 2.26. The van der Waals surface area contributed by atoms with Crippen molar-refractivity contribution in [2.75, 3.05) is 5.75 Å². The van der Waals surface area contributed by atoms with Crippen LogP contribution in [-0.4, -0.2) is 31.6 Å². The van der Waals surface area contributed by atoms with E-state index in [0.29, 0.717) is 11.6 Å². The number of carboxylic acids is 1. The third-order valence-electron chi connectivity index (χ3n) is 2.94. The zero-order valence-corrected chi connectivity index (χ0v) is 12.6. The Kier molecular flexibility index (Phi) is 5.22. The molecule has 0 saturated carbocycles. The van der Waals surface area contributed by atoms with E-state index >= 15 is 0 Å². The zero-order valence-electron chi connectivity index (χ0n) is 11.8. The first-order chi connectivity index (χ1) is 8.75. The standard InChI is InChI=1S/C12H21N3O3S/c1-8(2)15-10(18)13-14-11(15)19-7-5-6-12(3,4)9(16)17/h8H,5-7H2,1-4H3,(H,13,18)(H,16,17). The normalized spacial score (nSPS) is 12.1. The molecule has 0 bridgehead atoms. The summed E-state index contributed by atoms with van der Waals surface area (Å²) in [6.45, 7) is 7.29. The second kappa shape index (κ2) is 6.27. The average molecular weight is 287 g/mol. The Balaban J connectivity index is 2.51. The second-order valence-electron chi connectivity index (χ2n) is 5.42. The number of nitrogens with one attached hydrogen (secondary N) is 1. The molecule has 1 heterocycles. The number of carboxylic acid groups (broad SMARTS) is 1. The minimum atomic E-state index is -0.781. The van der Waals surface area contributed by atoms with Crippen LogP contribution in [0.25, 0.3) is 0 Å². The first kappa shape index (κ1) is 15.8. The number of thioether (sulfide) groups is 1. The maximum absolute atomic E-state index is 11.5. The Morgan fingerprint density at radius 3 is 2.68 bits per heavy atom. The highest BCUT2D eigenvalue weighted by Crippen LogP contribution is 2.25. The number of rotatable bonds is 7. The van der Waals surface area contributed by atoms with Gasteiger partial charge in [-0.2, -0.15) is 0 Å². The van der Waals surface area contributed by atoms with Crippen molar-refractivity contribution in [1.82, 2.24) is 14.8 Å². The first-order valence-corrected chi connectivity index (χ1v) is 7.27. The molecule has 2 N–H and O–H groups in total. The van der Waals surface area contributed by atoms with E-state index in [9.17, 15) is 9.59 Å². The summed E-state index contributed by atoms with van der Waals surface area (Å²) < 4.78 is 1.60.